The Kier molecular flexibility index (Phi) is 5.44. The SMILES string of the molecule is CN(Cc1cccc2c1C(=O)N(C1CCC(=O)NC1=O)C2)C1(CN)CCCCC1. The van der Waals surface area contributed by atoms with Crippen molar-refractivity contribution in [1.29, 1.82) is 0 Å². The van der Waals surface area contributed by atoms with Crippen molar-refractivity contribution in [3.8, 4) is 0 Å². The maximum Gasteiger partial charge on any atom is 0.255 e. The second-order valence-electron chi connectivity index (χ2n) is 8.70. The summed E-state index contributed by atoms with van der Waals surface area (Å²) in [7, 11) is 2.11. The number of carbonyl (C=O) groups is 3. The van der Waals surface area contributed by atoms with E-state index >= 15 is 0 Å². The van der Waals surface area contributed by atoms with Gasteiger partial charge in [-0.15, -0.1) is 0 Å². The van der Waals surface area contributed by atoms with Crippen molar-refractivity contribution in [2.75, 3.05) is 13.6 Å². The number of piperidine rings is 1. The van der Waals surface area contributed by atoms with Gasteiger partial charge in [0.1, 0.15) is 6.04 Å². The van der Waals surface area contributed by atoms with Crippen molar-refractivity contribution in [3.63, 3.8) is 0 Å². The van der Waals surface area contributed by atoms with Crippen molar-refractivity contribution >= 4 is 17.7 Å². The Morgan fingerprint density at radius 3 is 2.66 bits per heavy atom. The van der Waals surface area contributed by atoms with Gasteiger partial charge in [0.05, 0.1) is 0 Å². The average molecular weight is 399 g/mol. The minimum atomic E-state index is -0.577. The van der Waals surface area contributed by atoms with Crippen LogP contribution < -0.4 is 11.1 Å². The lowest BCUT2D eigenvalue weighted by atomic mass is 9.80. The number of hydrogen-bond donors (Lipinski definition) is 2. The molecule has 0 aromatic heterocycles. The summed E-state index contributed by atoms with van der Waals surface area (Å²) in [4.78, 5) is 41.0. The van der Waals surface area contributed by atoms with Gasteiger partial charge in [-0.2, -0.15) is 0 Å². The molecule has 2 fully saturated rings. The number of imide groups is 1. The van der Waals surface area contributed by atoms with Crippen LogP contribution in [0.4, 0.5) is 0 Å². The average Bonchev–Trinajstić information content (AvgIpc) is 3.06. The highest BCUT2D eigenvalue weighted by atomic mass is 16.2. The molecule has 3 aliphatic rings. The van der Waals surface area contributed by atoms with Crippen molar-refractivity contribution in [2.45, 2.75) is 69.6 Å². The Morgan fingerprint density at radius 1 is 1.21 bits per heavy atom. The second-order valence-corrected chi connectivity index (χ2v) is 8.70. The molecule has 1 saturated carbocycles. The lowest BCUT2D eigenvalue weighted by Gasteiger charge is -2.44. The number of nitrogens with two attached hydrogens (primary N) is 1. The van der Waals surface area contributed by atoms with Crippen molar-refractivity contribution in [2.24, 2.45) is 5.73 Å². The van der Waals surface area contributed by atoms with Gasteiger partial charge in [-0.1, -0.05) is 37.5 Å². The zero-order valence-electron chi connectivity index (χ0n) is 17.1. The first-order valence-electron chi connectivity index (χ1n) is 10.6. The number of rotatable bonds is 5. The van der Waals surface area contributed by atoms with E-state index in [1.54, 1.807) is 4.90 Å². The van der Waals surface area contributed by atoms with E-state index < -0.39 is 6.04 Å². The van der Waals surface area contributed by atoms with E-state index in [0.717, 1.165) is 24.0 Å². The molecule has 1 saturated heterocycles. The highest BCUT2D eigenvalue weighted by Gasteiger charge is 2.41. The maximum absolute atomic E-state index is 13.3. The molecule has 1 aromatic carbocycles. The van der Waals surface area contributed by atoms with Gasteiger partial charge in [0.15, 0.2) is 0 Å². The summed E-state index contributed by atoms with van der Waals surface area (Å²) in [5, 5.41) is 2.36. The number of fused-ring (bicyclic) bond motifs is 1. The van der Waals surface area contributed by atoms with Crippen LogP contribution in [0, 0.1) is 0 Å². The molecule has 0 spiro atoms. The summed E-state index contributed by atoms with van der Waals surface area (Å²) in [5.74, 6) is -0.744. The molecule has 7 nitrogen and oxygen atoms in total. The lowest BCUT2D eigenvalue weighted by molar-refractivity contribution is -0.136. The fourth-order valence-corrected chi connectivity index (χ4v) is 5.20. The normalized spacial score (nSPS) is 24.0. The molecule has 29 heavy (non-hydrogen) atoms. The van der Waals surface area contributed by atoms with Gasteiger partial charge in [-0.05, 0) is 37.4 Å². The topological polar surface area (TPSA) is 95.7 Å². The molecule has 4 rings (SSSR count). The molecule has 1 aromatic rings. The van der Waals surface area contributed by atoms with Crippen LogP contribution in [0.2, 0.25) is 0 Å². The van der Waals surface area contributed by atoms with Gasteiger partial charge in [0.25, 0.3) is 5.91 Å². The minimum absolute atomic E-state index is 0.00800. The first-order valence-corrected chi connectivity index (χ1v) is 10.6. The van der Waals surface area contributed by atoms with Gasteiger partial charge in [-0.3, -0.25) is 24.6 Å². The van der Waals surface area contributed by atoms with Crippen molar-refractivity contribution < 1.29 is 14.4 Å². The molecule has 0 radical (unpaired) electrons. The van der Waals surface area contributed by atoms with Crippen LogP contribution in [0.15, 0.2) is 18.2 Å². The minimum Gasteiger partial charge on any atom is -0.329 e. The maximum atomic E-state index is 13.3. The van der Waals surface area contributed by atoms with Crippen LogP contribution in [0.3, 0.4) is 0 Å². The highest BCUT2D eigenvalue weighted by Crippen LogP contribution is 2.35. The molecule has 1 aliphatic carbocycles. The van der Waals surface area contributed by atoms with Gasteiger partial charge in [0.2, 0.25) is 11.8 Å². The molecule has 156 valence electrons. The van der Waals surface area contributed by atoms with E-state index in [9.17, 15) is 14.4 Å². The van der Waals surface area contributed by atoms with Gasteiger partial charge in [-0.25, -0.2) is 0 Å². The first-order chi connectivity index (χ1) is 13.9. The standard InChI is InChI=1S/C22H30N4O3/c1-25(22(14-23)10-3-2-4-11-22)12-15-6-5-7-16-13-26(21(29)19(15)16)17-8-9-18(27)24-20(17)28/h5-7,17H,2-4,8-14,23H2,1H3,(H,24,27,28). The molecule has 3 amide bonds. The van der Waals surface area contributed by atoms with E-state index in [0.29, 0.717) is 31.6 Å². The Bertz CT molecular complexity index is 831. The second kappa shape index (κ2) is 7.88. The molecular weight excluding hydrogens is 368 g/mol. The summed E-state index contributed by atoms with van der Waals surface area (Å²) >= 11 is 0. The molecule has 2 heterocycles. The van der Waals surface area contributed by atoms with E-state index in [1.807, 2.05) is 18.2 Å². The Balaban J connectivity index is 1.56. The summed E-state index contributed by atoms with van der Waals surface area (Å²) in [6.45, 7) is 1.70. The Hall–Kier alpha value is -2.25. The number of amides is 3. The number of likely N-dealkylation sites (N-methyl/N-ethyl adjacent to an activating group) is 1. The number of benzene rings is 1. The van der Waals surface area contributed by atoms with Crippen LogP contribution >= 0.6 is 0 Å². The van der Waals surface area contributed by atoms with Crippen molar-refractivity contribution in [3.05, 3.63) is 34.9 Å². The van der Waals surface area contributed by atoms with Crippen LogP contribution in [0.25, 0.3) is 0 Å². The first kappa shape index (κ1) is 20.0. The van der Waals surface area contributed by atoms with Gasteiger partial charge >= 0.3 is 0 Å². The third-order valence-corrected chi connectivity index (χ3v) is 7.02. The molecular formula is C22H30N4O3. The Morgan fingerprint density at radius 2 is 1.97 bits per heavy atom. The van der Waals surface area contributed by atoms with Gasteiger partial charge < -0.3 is 10.6 Å². The van der Waals surface area contributed by atoms with E-state index in [4.69, 9.17) is 5.73 Å². The van der Waals surface area contributed by atoms with Crippen LogP contribution in [-0.4, -0.2) is 52.7 Å². The molecule has 2 aliphatic heterocycles. The molecule has 1 unspecified atom stereocenters. The summed E-state index contributed by atoms with van der Waals surface area (Å²) in [5.41, 5.74) is 8.84. The predicted octanol–water partition coefficient (Wildman–Crippen LogP) is 1.54. The quantitative estimate of drug-likeness (QED) is 0.734. The largest absolute Gasteiger partial charge is 0.329 e. The molecule has 7 heteroatoms. The predicted molar refractivity (Wildman–Crippen MR) is 109 cm³/mol. The van der Waals surface area contributed by atoms with E-state index in [2.05, 4.69) is 17.3 Å². The van der Waals surface area contributed by atoms with Crippen molar-refractivity contribution in [1.82, 2.24) is 15.1 Å². The summed E-state index contributed by atoms with van der Waals surface area (Å²) in [6.07, 6.45) is 6.47. The number of hydrogen-bond acceptors (Lipinski definition) is 5. The van der Waals surface area contributed by atoms with Crippen LogP contribution in [0.1, 0.15) is 66.4 Å². The summed E-state index contributed by atoms with van der Waals surface area (Å²) < 4.78 is 0. The number of nitrogens with one attached hydrogen (secondary N) is 1. The van der Waals surface area contributed by atoms with Gasteiger partial charge in [0, 0.05) is 37.2 Å². The fourth-order valence-electron chi connectivity index (χ4n) is 5.20. The van der Waals surface area contributed by atoms with E-state index in [1.165, 1.54) is 19.3 Å². The number of carbonyl (C=O) groups excluding carboxylic acids is 3. The molecule has 1 atom stereocenters. The molecule has 3 N–H and O–H groups in total. The summed E-state index contributed by atoms with van der Waals surface area (Å²) in [6, 6.07) is 5.38. The lowest BCUT2D eigenvalue weighted by Crippen LogP contribution is -2.53. The zero-order chi connectivity index (χ0) is 20.6. The highest BCUT2D eigenvalue weighted by molar-refractivity contribution is 6.05. The van der Waals surface area contributed by atoms with E-state index in [-0.39, 0.29) is 29.7 Å². The molecule has 0 bridgehead atoms. The van der Waals surface area contributed by atoms with Crippen LogP contribution in [-0.2, 0) is 22.7 Å². The monoisotopic (exact) mass is 398 g/mol. The number of nitrogens with zero attached hydrogens (tertiary/aromatic N) is 2. The third-order valence-electron chi connectivity index (χ3n) is 7.02. The van der Waals surface area contributed by atoms with Crippen LogP contribution in [0.5, 0.6) is 0 Å². The smallest absolute Gasteiger partial charge is 0.255 e. The zero-order valence-corrected chi connectivity index (χ0v) is 17.1. The third kappa shape index (κ3) is 3.57. The Labute approximate surface area is 171 Å². The fraction of sp³-hybridized carbons (Fsp3) is 0.591.